The molecule has 1 aromatic heterocycles. The minimum atomic E-state index is -0.196. The van der Waals surface area contributed by atoms with E-state index in [4.69, 9.17) is 0 Å². The first-order valence-corrected chi connectivity index (χ1v) is 6.59. The Morgan fingerprint density at radius 1 is 1.16 bits per heavy atom. The highest BCUT2D eigenvalue weighted by Crippen LogP contribution is 2.28. The van der Waals surface area contributed by atoms with Crippen LogP contribution in [0.4, 0.5) is 4.39 Å². The number of rotatable bonds is 1. The summed E-state index contributed by atoms with van der Waals surface area (Å²) in [5, 5.41) is 0. The summed E-state index contributed by atoms with van der Waals surface area (Å²) >= 11 is 0. The van der Waals surface area contributed by atoms with Gasteiger partial charge in [0.1, 0.15) is 5.82 Å². The molecule has 0 unspecified atom stereocenters. The average molecular weight is 257 g/mol. The first-order valence-electron chi connectivity index (χ1n) is 6.59. The van der Waals surface area contributed by atoms with E-state index >= 15 is 0 Å². The first kappa shape index (κ1) is 12.2. The average Bonchev–Trinajstić information content (AvgIpc) is 2.71. The lowest BCUT2D eigenvalue weighted by Gasteiger charge is -2.16. The van der Waals surface area contributed by atoms with Gasteiger partial charge in [-0.25, -0.2) is 4.39 Å². The zero-order valence-electron chi connectivity index (χ0n) is 11.2. The predicted molar refractivity (Wildman–Crippen MR) is 72.5 cm³/mol. The van der Waals surface area contributed by atoms with Crippen LogP contribution in [-0.2, 0) is 6.42 Å². The van der Waals surface area contributed by atoms with E-state index in [0.717, 1.165) is 35.5 Å². The molecule has 0 amide bonds. The molecule has 2 nitrogen and oxygen atoms in total. The third-order valence-corrected chi connectivity index (χ3v) is 3.80. The van der Waals surface area contributed by atoms with Crippen LogP contribution < -0.4 is 0 Å². The number of fused-ring (bicyclic) bond motifs is 1. The lowest BCUT2D eigenvalue weighted by atomic mass is 9.96. The molecule has 19 heavy (non-hydrogen) atoms. The van der Waals surface area contributed by atoms with Crippen molar-refractivity contribution in [3.63, 3.8) is 0 Å². The molecule has 1 aliphatic carbocycles. The predicted octanol–water partition coefficient (Wildman–Crippen LogP) is 3.75. The zero-order valence-corrected chi connectivity index (χ0v) is 11.2. The van der Waals surface area contributed by atoms with E-state index in [1.165, 1.54) is 6.07 Å². The van der Waals surface area contributed by atoms with Gasteiger partial charge >= 0.3 is 0 Å². The van der Waals surface area contributed by atoms with E-state index in [2.05, 4.69) is 4.57 Å². The molecule has 0 aliphatic heterocycles. The quantitative estimate of drug-likeness (QED) is 0.762. The van der Waals surface area contributed by atoms with Crippen LogP contribution in [-0.4, -0.2) is 10.4 Å². The summed E-state index contributed by atoms with van der Waals surface area (Å²) < 4.78 is 15.5. The van der Waals surface area contributed by atoms with E-state index < -0.39 is 0 Å². The third-order valence-electron chi connectivity index (χ3n) is 3.80. The number of nitrogens with zero attached hydrogens (tertiary/aromatic N) is 1. The van der Waals surface area contributed by atoms with Crippen molar-refractivity contribution in [3.05, 3.63) is 52.6 Å². The summed E-state index contributed by atoms with van der Waals surface area (Å²) in [7, 11) is 0. The monoisotopic (exact) mass is 257 g/mol. The molecular weight excluding hydrogens is 241 g/mol. The van der Waals surface area contributed by atoms with Crippen LogP contribution in [0.2, 0.25) is 0 Å². The highest BCUT2D eigenvalue weighted by atomic mass is 19.1. The Morgan fingerprint density at radius 3 is 2.68 bits per heavy atom. The van der Waals surface area contributed by atoms with Crippen LogP contribution in [0.25, 0.3) is 5.69 Å². The molecule has 1 aromatic carbocycles. The largest absolute Gasteiger partial charge is 0.317 e. The zero-order chi connectivity index (χ0) is 13.6. The molecule has 2 aromatic rings. The van der Waals surface area contributed by atoms with Gasteiger partial charge in [-0.2, -0.15) is 0 Å². The molecule has 3 rings (SSSR count). The van der Waals surface area contributed by atoms with Crippen LogP contribution in [0.15, 0.2) is 24.3 Å². The molecule has 0 radical (unpaired) electrons. The number of Topliss-reactive ketones (excluding diaryl/α,β-unsaturated/α-hetero) is 1. The van der Waals surface area contributed by atoms with Crippen LogP contribution in [0.3, 0.4) is 0 Å². The third kappa shape index (κ3) is 1.89. The summed E-state index contributed by atoms with van der Waals surface area (Å²) in [6.45, 7) is 3.75. The van der Waals surface area contributed by atoms with Gasteiger partial charge in [-0.1, -0.05) is 0 Å². The van der Waals surface area contributed by atoms with Gasteiger partial charge in [-0.05, 0) is 56.5 Å². The number of aryl methyl sites for hydroxylation is 2. The number of ketones is 1. The molecule has 1 heterocycles. The van der Waals surface area contributed by atoms with Gasteiger partial charge in [0.25, 0.3) is 0 Å². The summed E-state index contributed by atoms with van der Waals surface area (Å²) in [6, 6.07) is 7.05. The Balaban J connectivity index is 2.20. The first-order chi connectivity index (χ1) is 9.08. The molecule has 0 spiro atoms. The number of carbonyl (C=O) groups is 1. The van der Waals surface area contributed by atoms with Gasteiger partial charge in [0.05, 0.1) is 0 Å². The summed E-state index contributed by atoms with van der Waals surface area (Å²) in [6.07, 6.45) is 2.44. The molecule has 0 fully saturated rings. The Kier molecular flexibility index (Phi) is 2.77. The van der Waals surface area contributed by atoms with E-state index in [0.29, 0.717) is 12.0 Å². The molecule has 0 bridgehead atoms. The molecule has 1 aliphatic rings. The number of benzene rings is 1. The van der Waals surface area contributed by atoms with Gasteiger partial charge in [-0.3, -0.25) is 4.79 Å². The maximum absolute atomic E-state index is 13.4. The molecular formula is C16H16FNO. The minimum absolute atomic E-state index is 0.196. The maximum Gasteiger partial charge on any atom is 0.164 e. The number of hydrogen-bond donors (Lipinski definition) is 0. The molecule has 0 saturated carbocycles. The summed E-state index contributed by atoms with van der Waals surface area (Å²) in [5.74, 6) is 0.0282. The van der Waals surface area contributed by atoms with E-state index in [1.54, 1.807) is 13.0 Å². The molecule has 98 valence electrons. The van der Waals surface area contributed by atoms with Crippen molar-refractivity contribution < 1.29 is 9.18 Å². The van der Waals surface area contributed by atoms with Crippen LogP contribution in [0.5, 0.6) is 0 Å². The number of carbonyl (C=O) groups excluding carboxylic acids is 1. The smallest absolute Gasteiger partial charge is 0.164 e. The summed E-state index contributed by atoms with van der Waals surface area (Å²) in [5.41, 5.74) is 4.51. The minimum Gasteiger partial charge on any atom is -0.317 e. The van der Waals surface area contributed by atoms with Crippen molar-refractivity contribution in [2.45, 2.75) is 33.1 Å². The fraction of sp³-hybridized carbons (Fsp3) is 0.312. The number of hydrogen-bond acceptors (Lipinski definition) is 1. The van der Waals surface area contributed by atoms with E-state index in [1.807, 2.05) is 19.1 Å². The summed E-state index contributed by atoms with van der Waals surface area (Å²) in [4.78, 5) is 11.9. The molecule has 3 heteroatoms. The topological polar surface area (TPSA) is 22.0 Å². The van der Waals surface area contributed by atoms with Gasteiger partial charge in [0.15, 0.2) is 5.78 Å². The number of aromatic nitrogens is 1. The Bertz CT molecular complexity index is 670. The van der Waals surface area contributed by atoms with Crippen LogP contribution >= 0.6 is 0 Å². The highest BCUT2D eigenvalue weighted by Gasteiger charge is 2.23. The molecule has 0 atom stereocenters. The van der Waals surface area contributed by atoms with Gasteiger partial charge in [0.2, 0.25) is 0 Å². The van der Waals surface area contributed by atoms with Crippen molar-refractivity contribution in [2.75, 3.05) is 0 Å². The fourth-order valence-corrected chi connectivity index (χ4v) is 2.86. The van der Waals surface area contributed by atoms with Crippen molar-refractivity contribution in [1.29, 1.82) is 0 Å². The Labute approximate surface area is 111 Å². The molecule has 0 saturated heterocycles. The van der Waals surface area contributed by atoms with Gasteiger partial charge < -0.3 is 4.57 Å². The van der Waals surface area contributed by atoms with Crippen LogP contribution in [0, 0.1) is 19.7 Å². The second kappa shape index (κ2) is 4.34. The van der Waals surface area contributed by atoms with Crippen molar-refractivity contribution in [2.24, 2.45) is 0 Å². The maximum atomic E-state index is 13.4. The second-order valence-corrected chi connectivity index (χ2v) is 5.19. The van der Waals surface area contributed by atoms with E-state index in [-0.39, 0.29) is 11.6 Å². The lowest BCUT2D eigenvalue weighted by Crippen LogP contribution is -2.12. The van der Waals surface area contributed by atoms with Gasteiger partial charge in [-0.15, -0.1) is 0 Å². The lowest BCUT2D eigenvalue weighted by molar-refractivity contribution is 0.0972. The van der Waals surface area contributed by atoms with E-state index in [9.17, 15) is 9.18 Å². The SMILES string of the molecule is Cc1cc(-n2c(C)cc3c2CCCC3=O)ccc1F. The Hall–Kier alpha value is -1.90. The van der Waals surface area contributed by atoms with Crippen LogP contribution in [0.1, 0.15) is 40.2 Å². The normalized spacial score (nSPS) is 14.6. The number of halogens is 1. The fourth-order valence-electron chi connectivity index (χ4n) is 2.86. The second-order valence-electron chi connectivity index (χ2n) is 5.19. The van der Waals surface area contributed by atoms with Crippen molar-refractivity contribution in [3.8, 4) is 5.69 Å². The Morgan fingerprint density at radius 2 is 1.95 bits per heavy atom. The standard InChI is InChI=1S/C16H16FNO/c1-10-8-12(6-7-14(10)17)18-11(2)9-13-15(18)4-3-5-16(13)19/h6-9H,3-5H2,1-2H3. The van der Waals surface area contributed by atoms with Crippen molar-refractivity contribution in [1.82, 2.24) is 4.57 Å². The molecule has 0 N–H and O–H groups in total. The van der Waals surface area contributed by atoms with Gasteiger partial charge in [0, 0.05) is 29.1 Å². The van der Waals surface area contributed by atoms with Crippen molar-refractivity contribution >= 4 is 5.78 Å². The highest BCUT2D eigenvalue weighted by molar-refractivity contribution is 5.98.